The number of aryl methyl sites for hydroxylation is 1. The SMILES string of the molecule is CCc1cc2c(Cl)nc(C3CC34CC4)nc2s1. The minimum absolute atomic E-state index is 0.594. The van der Waals surface area contributed by atoms with Gasteiger partial charge in [-0.1, -0.05) is 18.5 Å². The van der Waals surface area contributed by atoms with Crippen LogP contribution >= 0.6 is 22.9 Å². The number of hydrogen-bond donors (Lipinski definition) is 0. The molecule has 4 heteroatoms. The van der Waals surface area contributed by atoms with Crippen LogP contribution in [0.15, 0.2) is 6.07 Å². The molecule has 17 heavy (non-hydrogen) atoms. The molecule has 0 aliphatic heterocycles. The van der Waals surface area contributed by atoms with Crippen LogP contribution in [-0.2, 0) is 6.42 Å². The number of nitrogens with zero attached hydrogens (tertiary/aromatic N) is 2. The quantitative estimate of drug-likeness (QED) is 0.761. The highest BCUT2D eigenvalue weighted by Crippen LogP contribution is 2.74. The number of hydrogen-bond acceptors (Lipinski definition) is 3. The van der Waals surface area contributed by atoms with Gasteiger partial charge in [-0.3, -0.25) is 0 Å². The number of rotatable bonds is 2. The van der Waals surface area contributed by atoms with E-state index in [1.807, 2.05) is 0 Å². The molecular formula is C13H13ClN2S. The highest BCUT2D eigenvalue weighted by atomic mass is 35.5. The minimum atomic E-state index is 0.594. The Balaban J connectivity index is 1.84. The van der Waals surface area contributed by atoms with Crippen LogP contribution in [0.25, 0.3) is 10.2 Å². The van der Waals surface area contributed by atoms with Crippen LogP contribution in [0.5, 0.6) is 0 Å². The van der Waals surface area contributed by atoms with Crippen LogP contribution in [0.4, 0.5) is 0 Å². The minimum Gasteiger partial charge on any atom is -0.222 e. The van der Waals surface area contributed by atoms with Gasteiger partial charge in [0.15, 0.2) is 0 Å². The highest BCUT2D eigenvalue weighted by Gasteiger charge is 2.64. The van der Waals surface area contributed by atoms with Gasteiger partial charge in [0.2, 0.25) is 0 Å². The fourth-order valence-electron chi connectivity index (χ4n) is 2.71. The molecule has 2 aliphatic carbocycles. The van der Waals surface area contributed by atoms with Crippen molar-refractivity contribution in [2.45, 2.75) is 38.5 Å². The van der Waals surface area contributed by atoms with Crippen molar-refractivity contribution in [2.75, 3.05) is 0 Å². The Hall–Kier alpha value is -0.670. The van der Waals surface area contributed by atoms with Crippen molar-refractivity contribution in [1.29, 1.82) is 0 Å². The summed E-state index contributed by atoms with van der Waals surface area (Å²) in [7, 11) is 0. The molecule has 0 N–H and O–H groups in total. The zero-order valence-corrected chi connectivity index (χ0v) is 11.2. The molecular weight excluding hydrogens is 252 g/mol. The van der Waals surface area contributed by atoms with Crippen LogP contribution in [-0.4, -0.2) is 9.97 Å². The lowest BCUT2D eigenvalue weighted by Crippen LogP contribution is -1.94. The summed E-state index contributed by atoms with van der Waals surface area (Å²) in [5, 5.41) is 1.67. The van der Waals surface area contributed by atoms with E-state index in [1.54, 1.807) is 11.3 Å². The molecule has 0 aromatic carbocycles. The van der Waals surface area contributed by atoms with E-state index in [9.17, 15) is 0 Å². The van der Waals surface area contributed by atoms with E-state index in [1.165, 1.54) is 24.1 Å². The molecule has 2 aromatic rings. The Morgan fingerprint density at radius 3 is 2.94 bits per heavy atom. The summed E-state index contributed by atoms with van der Waals surface area (Å²) in [5.74, 6) is 1.58. The molecule has 2 heterocycles. The average molecular weight is 265 g/mol. The van der Waals surface area contributed by atoms with E-state index in [0.717, 1.165) is 22.5 Å². The van der Waals surface area contributed by atoms with Crippen LogP contribution < -0.4 is 0 Å². The molecule has 0 bridgehead atoms. The lowest BCUT2D eigenvalue weighted by atomic mass is 10.2. The van der Waals surface area contributed by atoms with E-state index < -0.39 is 0 Å². The van der Waals surface area contributed by atoms with Gasteiger partial charge in [0.25, 0.3) is 0 Å². The first-order chi connectivity index (χ1) is 8.22. The van der Waals surface area contributed by atoms with Gasteiger partial charge in [0.05, 0.1) is 0 Å². The predicted molar refractivity (Wildman–Crippen MR) is 70.8 cm³/mol. The summed E-state index contributed by atoms with van der Waals surface area (Å²) >= 11 is 8.03. The smallest absolute Gasteiger partial charge is 0.141 e. The van der Waals surface area contributed by atoms with Crippen LogP contribution in [0.1, 0.15) is 42.8 Å². The Labute approximate surface area is 109 Å². The summed E-state index contributed by atoms with van der Waals surface area (Å²) in [6.45, 7) is 2.16. The van der Waals surface area contributed by atoms with E-state index in [4.69, 9.17) is 16.6 Å². The molecule has 1 unspecified atom stereocenters. The summed E-state index contributed by atoms with van der Waals surface area (Å²) < 4.78 is 0. The maximum absolute atomic E-state index is 6.27. The molecule has 2 saturated carbocycles. The monoisotopic (exact) mass is 264 g/mol. The summed E-state index contributed by atoms with van der Waals surface area (Å²) in [6, 6.07) is 2.13. The number of aromatic nitrogens is 2. The van der Waals surface area contributed by atoms with Crippen molar-refractivity contribution in [3.05, 3.63) is 21.9 Å². The van der Waals surface area contributed by atoms with Gasteiger partial charge in [0, 0.05) is 16.2 Å². The van der Waals surface area contributed by atoms with Gasteiger partial charge in [-0.2, -0.15) is 0 Å². The highest BCUT2D eigenvalue weighted by molar-refractivity contribution is 7.18. The van der Waals surface area contributed by atoms with E-state index in [-0.39, 0.29) is 0 Å². The first-order valence-corrected chi connectivity index (χ1v) is 7.37. The summed E-state index contributed by atoms with van der Waals surface area (Å²) in [5.41, 5.74) is 0.599. The zero-order chi connectivity index (χ0) is 11.6. The topological polar surface area (TPSA) is 25.8 Å². The van der Waals surface area contributed by atoms with E-state index >= 15 is 0 Å². The molecule has 4 rings (SSSR count). The molecule has 2 nitrogen and oxygen atoms in total. The van der Waals surface area contributed by atoms with Crippen LogP contribution in [0, 0.1) is 5.41 Å². The molecule has 88 valence electrons. The Kier molecular flexibility index (Phi) is 1.94. The zero-order valence-electron chi connectivity index (χ0n) is 9.66. The molecule has 2 fully saturated rings. The molecule has 2 aliphatic rings. The second-order valence-electron chi connectivity index (χ2n) is 5.28. The first-order valence-electron chi connectivity index (χ1n) is 6.18. The second kappa shape index (κ2) is 3.21. The van der Waals surface area contributed by atoms with Gasteiger partial charge >= 0.3 is 0 Å². The van der Waals surface area contributed by atoms with Gasteiger partial charge < -0.3 is 0 Å². The lowest BCUT2D eigenvalue weighted by Gasteiger charge is -1.99. The van der Waals surface area contributed by atoms with Gasteiger partial charge in [-0.05, 0) is 37.2 Å². The van der Waals surface area contributed by atoms with E-state index in [0.29, 0.717) is 16.5 Å². The molecule has 0 radical (unpaired) electrons. The van der Waals surface area contributed by atoms with Crippen molar-refractivity contribution < 1.29 is 0 Å². The van der Waals surface area contributed by atoms with Crippen LogP contribution in [0.2, 0.25) is 5.15 Å². The Morgan fingerprint density at radius 2 is 2.29 bits per heavy atom. The maximum atomic E-state index is 6.27. The number of fused-ring (bicyclic) bond motifs is 1. The summed E-state index contributed by atoms with van der Waals surface area (Å²) in [4.78, 5) is 11.6. The predicted octanol–water partition coefficient (Wildman–Crippen LogP) is 4.17. The van der Waals surface area contributed by atoms with Crippen molar-refractivity contribution >= 4 is 33.2 Å². The third-order valence-corrected chi connectivity index (χ3v) is 5.62. The van der Waals surface area contributed by atoms with Crippen LogP contribution in [0.3, 0.4) is 0 Å². The normalized spacial score (nSPS) is 24.5. The van der Waals surface area contributed by atoms with Crippen molar-refractivity contribution in [3.63, 3.8) is 0 Å². The lowest BCUT2D eigenvalue weighted by molar-refractivity contribution is 0.798. The fourth-order valence-corrected chi connectivity index (χ4v) is 3.97. The Bertz CT molecular complexity index is 615. The van der Waals surface area contributed by atoms with Gasteiger partial charge in [0.1, 0.15) is 15.8 Å². The number of thiophene rings is 1. The first kappa shape index (κ1) is 10.3. The maximum Gasteiger partial charge on any atom is 0.141 e. The number of halogens is 1. The second-order valence-corrected chi connectivity index (χ2v) is 6.75. The van der Waals surface area contributed by atoms with E-state index in [2.05, 4.69) is 18.0 Å². The average Bonchev–Trinajstić information content (AvgIpc) is 3.21. The van der Waals surface area contributed by atoms with Crippen molar-refractivity contribution in [3.8, 4) is 0 Å². The Morgan fingerprint density at radius 1 is 1.47 bits per heavy atom. The molecule has 0 amide bonds. The molecule has 1 atom stereocenters. The molecule has 2 aromatic heterocycles. The van der Waals surface area contributed by atoms with Crippen molar-refractivity contribution in [1.82, 2.24) is 9.97 Å². The fraction of sp³-hybridized carbons (Fsp3) is 0.538. The molecule has 0 saturated heterocycles. The third-order valence-electron chi connectivity index (χ3n) is 4.16. The van der Waals surface area contributed by atoms with Gasteiger partial charge in [-0.25, -0.2) is 9.97 Å². The van der Waals surface area contributed by atoms with Crippen molar-refractivity contribution in [2.24, 2.45) is 5.41 Å². The standard InChI is InChI=1S/C13H13ClN2S/c1-2-7-5-8-10(14)15-11(16-12(8)17-7)9-6-13(9)3-4-13/h5,9H,2-4,6H2,1H3. The third kappa shape index (κ3) is 1.45. The van der Waals surface area contributed by atoms with Gasteiger partial charge in [-0.15, -0.1) is 11.3 Å². The largest absolute Gasteiger partial charge is 0.222 e. The summed E-state index contributed by atoms with van der Waals surface area (Å²) in [6.07, 6.45) is 5.05. The molecule has 1 spiro atoms.